The Hall–Kier alpha value is -3.14. The lowest BCUT2D eigenvalue weighted by Crippen LogP contribution is -2.51. The Labute approximate surface area is 219 Å². The van der Waals surface area contributed by atoms with Crippen LogP contribution in [0.25, 0.3) is 0 Å². The van der Waals surface area contributed by atoms with Gasteiger partial charge in [0.15, 0.2) is 0 Å². The number of carbonyl (C=O) groups excluding carboxylic acids is 2. The molecule has 1 aromatic carbocycles. The van der Waals surface area contributed by atoms with Gasteiger partial charge in [0.1, 0.15) is 17.6 Å². The van der Waals surface area contributed by atoms with Crippen molar-refractivity contribution in [3.63, 3.8) is 0 Å². The largest absolute Gasteiger partial charge is 0.495 e. The number of rotatable bonds is 6. The average Bonchev–Trinajstić information content (AvgIpc) is 3.35. The zero-order chi connectivity index (χ0) is 26.9. The van der Waals surface area contributed by atoms with Gasteiger partial charge in [0.05, 0.1) is 18.7 Å². The molecule has 0 radical (unpaired) electrons. The molecule has 0 spiro atoms. The highest BCUT2D eigenvalue weighted by atomic mass is 16.5. The number of amidine groups is 1. The van der Waals surface area contributed by atoms with Crippen LogP contribution in [0.2, 0.25) is 0 Å². The molecule has 2 amide bonds. The molecule has 2 heterocycles. The normalized spacial score (nSPS) is 31.2. The maximum atomic E-state index is 13.0. The van der Waals surface area contributed by atoms with E-state index in [9.17, 15) is 9.59 Å². The van der Waals surface area contributed by atoms with Crippen molar-refractivity contribution in [2.75, 3.05) is 40.0 Å². The van der Waals surface area contributed by atoms with E-state index in [1.807, 2.05) is 6.92 Å². The number of nitrogens with two attached hydrogens (primary N) is 1. The van der Waals surface area contributed by atoms with Gasteiger partial charge in [-0.05, 0) is 63.3 Å². The summed E-state index contributed by atoms with van der Waals surface area (Å²) < 4.78 is 5.27. The van der Waals surface area contributed by atoms with E-state index in [0.717, 1.165) is 38.6 Å². The monoisotopic (exact) mass is 511 g/mol. The summed E-state index contributed by atoms with van der Waals surface area (Å²) in [5, 5.41) is 19.9. The van der Waals surface area contributed by atoms with Crippen molar-refractivity contribution in [1.29, 1.82) is 10.8 Å². The highest BCUT2D eigenvalue weighted by Crippen LogP contribution is 2.38. The van der Waals surface area contributed by atoms with Gasteiger partial charge in [-0.25, -0.2) is 0 Å². The molecule has 10 nitrogen and oxygen atoms in total. The minimum atomic E-state index is -0.611. The summed E-state index contributed by atoms with van der Waals surface area (Å²) >= 11 is 0. The van der Waals surface area contributed by atoms with Gasteiger partial charge in [-0.3, -0.25) is 15.0 Å². The highest BCUT2D eigenvalue weighted by molar-refractivity contribution is 6.03. The van der Waals surface area contributed by atoms with Crippen LogP contribution in [0, 0.1) is 22.7 Å². The summed E-state index contributed by atoms with van der Waals surface area (Å²) in [6.07, 6.45) is 5.94. The van der Waals surface area contributed by atoms with Crippen molar-refractivity contribution in [2.45, 2.75) is 63.2 Å². The predicted octanol–water partition coefficient (Wildman–Crippen LogP) is 2.04. The van der Waals surface area contributed by atoms with Crippen LogP contribution in [0.15, 0.2) is 18.2 Å². The van der Waals surface area contributed by atoms with Gasteiger partial charge < -0.3 is 35.9 Å². The molecule has 6 atom stereocenters. The zero-order valence-electron chi connectivity index (χ0n) is 22.4. The Balaban J connectivity index is 1.41. The van der Waals surface area contributed by atoms with Gasteiger partial charge in [0, 0.05) is 50.0 Å². The van der Waals surface area contributed by atoms with Crippen LogP contribution in [-0.2, 0) is 4.79 Å². The molecular weight excluding hydrogens is 470 g/mol. The molecule has 2 saturated heterocycles. The number of likely N-dealkylation sites (tertiary alicyclic amines) is 1. The third-order valence-electron chi connectivity index (χ3n) is 8.59. The standard InChI is InChI=1S/C27H41N7O3/c1-16-15-34(25(30)23(14-28)33(3)27(16)36)20-7-5-17(11-20)22-13-19(9-10-32(22)2)31-26(35)18-6-8-21(29)24(12-18)37-4/h6,8,12,14,16-17,19-20,22-23,28,30H,5,7,9-11,13,15,29H2,1-4H3,(H,31,35). The first kappa shape index (κ1) is 26.9. The van der Waals surface area contributed by atoms with Gasteiger partial charge >= 0.3 is 0 Å². The Morgan fingerprint density at radius 3 is 2.68 bits per heavy atom. The number of hydrogen-bond donors (Lipinski definition) is 4. The first-order valence-electron chi connectivity index (χ1n) is 13.2. The fourth-order valence-corrected chi connectivity index (χ4v) is 6.39. The molecule has 37 heavy (non-hydrogen) atoms. The lowest BCUT2D eigenvalue weighted by molar-refractivity contribution is -0.133. The van der Waals surface area contributed by atoms with Crippen LogP contribution < -0.4 is 15.8 Å². The smallest absolute Gasteiger partial charge is 0.251 e. The second kappa shape index (κ2) is 11.1. The lowest BCUT2D eigenvalue weighted by Gasteiger charge is -2.41. The quantitative estimate of drug-likeness (QED) is 0.341. The fraction of sp³-hybridized carbons (Fsp3) is 0.630. The summed E-state index contributed by atoms with van der Waals surface area (Å²) in [4.78, 5) is 31.7. The number of hydrogen-bond acceptors (Lipinski definition) is 7. The van der Waals surface area contributed by atoms with E-state index in [-0.39, 0.29) is 29.8 Å². The second-order valence-electron chi connectivity index (χ2n) is 10.9. The summed E-state index contributed by atoms with van der Waals surface area (Å²) in [6, 6.07) is 5.10. The third-order valence-corrected chi connectivity index (χ3v) is 8.59. The number of anilines is 1. The highest BCUT2D eigenvalue weighted by Gasteiger charge is 2.42. The summed E-state index contributed by atoms with van der Waals surface area (Å²) in [5.41, 5.74) is 6.94. The van der Waals surface area contributed by atoms with Crippen LogP contribution in [-0.4, -0.2) is 97.0 Å². The average molecular weight is 512 g/mol. The molecule has 10 heteroatoms. The van der Waals surface area contributed by atoms with Crippen LogP contribution in [0.3, 0.4) is 0 Å². The summed E-state index contributed by atoms with van der Waals surface area (Å²) in [6.45, 7) is 3.35. The second-order valence-corrected chi connectivity index (χ2v) is 10.9. The van der Waals surface area contributed by atoms with E-state index in [0.29, 0.717) is 41.3 Å². The first-order valence-corrected chi connectivity index (χ1v) is 13.2. The number of methoxy groups -OCH3 is 1. The van der Waals surface area contributed by atoms with Gasteiger partial charge in [-0.15, -0.1) is 0 Å². The molecule has 2 aliphatic heterocycles. The molecule has 6 unspecified atom stereocenters. The van der Waals surface area contributed by atoms with E-state index in [2.05, 4.69) is 22.2 Å². The maximum absolute atomic E-state index is 13.0. The van der Waals surface area contributed by atoms with Crippen molar-refractivity contribution in [3.8, 4) is 5.75 Å². The lowest BCUT2D eigenvalue weighted by atomic mass is 9.86. The van der Waals surface area contributed by atoms with Crippen LogP contribution in [0.5, 0.6) is 5.75 Å². The number of ether oxygens (including phenoxy) is 1. The predicted molar refractivity (Wildman–Crippen MR) is 144 cm³/mol. The SMILES string of the molecule is COc1cc(C(=O)NC2CCN(C)C(C3CCC(N4CC(C)C(=O)N(C)C(C=N)C4=N)C3)C2)ccc1N. The summed E-state index contributed by atoms with van der Waals surface area (Å²) in [7, 11) is 5.39. The molecule has 1 saturated carbocycles. The molecule has 5 N–H and O–H groups in total. The number of nitrogens with zero attached hydrogens (tertiary/aromatic N) is 3. The number of benzene rings is 1. The van der Waals surface area contributed by atoms with Crippen molar-refractivity contribution < 1.29 is 14.3 Å². The minimum absolute atomic E-state index is 0.0142. The Kier molecular flexibility index (Phi) is 8.06. The van der Waals surface area contributed by atoms with E-state index in [1.165, 1.54) is 11.1 Å². The van der Waals surface area contributed by atoms with Crippen molar-refractivity contribution in [3.05, 3.63) is 23.8 Å². The van der Waals surface area contributed by atoms with Crippen LogP contribution in [0.1, 0.15) is 49.4 Å². The Morgan fingerprint density at radius 2 is 1.97 bits per heavy atom. The Morgan fingerprint density at radius 1 is 1.22 bits per heavy atom. The first-order chi connectivity index (χ1) is 17.6. The number of nitrogens with one attached hydrogen (secondary N) is 3. The third kappa shape index (κ3) is 5.44. The van der Waals surface area contributed by atoms with E-state index < -0.39 is 6.04 Å². The number of likely N-dealkylation sites (N-methyl/N-ethyl adjacent to an activating group) is 1. The van der Waals surface area contributed by atoms with Crippen LogP contribution >= 0.6 is 0 Å². The molecular formula is C27H41N7O3. The zero-order valence-corrected chi connectivity index (χ0v) is 22.4. The van der Waals surface area contributed by atoms with E-state index in [4.69, 9.17) is 21.3 Å². The molecule has 1 aromatic rings. The van der Waals surface area contributed by atoms with Gasteiger partial charge in [-0.1, -0.05) is 6.92 Å². The topological polar surface area (TPSA) is 139 Å². The minimum Gasteiger partial charge on any atom is -0.495 e. The van der Waals surface area contributed by atoms with E-state index >= 15 is 0 Å². The molecule has 202 valence electrons. The van der Waals surface area contributed by atoms with Gasteiger partial charge in [-0.2, -0.15) is 0 Å². The molecule has 3 aliphatic rings. The number of nitrogen functional groups attached to an aromatic ring is 1. The Bertz CT molecular complexity index is 1050. The molecule has 3 fully saturated rings. The molecule has 0 bridgehead atoms. The van der Waals surface area contributed by atoms with Gasteiger partial charge in [0.2, 0.25) is 5.91 Å². The van der Waals surface area contributed by atoms with Crippen molar-refractivity contribution >= 4 is 29.6 Å². The van der Waals surface area contributed by atoms with E-state index in [1.54, 1.807) is 32.4 Å². The van der Waals surface area contributed by atoms with Crippen molar-refractivity contribution in [2.24, 2.45) is 11.8 Å². The maximum Gasteiger partial charge on any atom is 0.251 e. The number of amides is 2. The number of piperidine rings is 1. The van der Waals surface area contributed by atoms with Gasteiger partial charge in [0.25, 0.3) is 5.91 Å². The fourth-order valence-electron chi connectivity index (χ4n) is 6.39. The molecule has 1 aliphatic carbocycles. The molecule has 4 rings (SSSR count). The summed E-state index contributed by atoms with van der Waals surface area (Å²) in [5.74, 6) is 0.955. The van der Waals surface area contributed by atoms with Crippen molar-refractivity contribution in [1.82, 2.24) is 20.0 Å². The van der Waals surface area contributed by atoms with Crippen LogP contribution in [0.4, 0.5) is 5.69 Å². The molecule has 0 aromatic heterocycles. The number of carbonyl (C=O) groups is 2.